The van der Waals surface area contributed by atoms with E-state index >= 15 is 0 Å². The number of likely N-dealkylation sites (N-methyl/N-ethyl adjacent to an activating group) is 1. The Kier molecular flexibility index (Phi) is 6.14. The number of carboxylic acid groups (broad SMARTS) is 1. The van der Waals surface area contributed by atoms with E-state index in [-0.39, 0.29) is 31.0 Å². The molecule has 0 aromatic heterocycles. The maximum atomic E-state index is 13.3. The van der Waals surface area contributed by atoms with Crippen LogP contribution in [0.2, 0.25) is 0 Å². The number of halogens is 1. The Morgan fingerprint density at radius 2 is 2.12 bits per heavy atom. The number of carboxylic acids is 1. The maximum absolute atomic E-state index is 13.3. The molecule has 1 aliphatic carbocycles. The molecular formula is C17H23FN2O4. The first-order valence-electron chi connectivity index (χ1n) is 8.00. The third-order valence-corrected chi connectivity index (χ3v) is 4.33. The van der Waals surface area contributed by atoms with Gasteiger partial charge in [-0.05, 0) is 37.6 Å². The molecular weight excluding hydrogens is 315 g/mol. The molecule has 2 N–H and O–H groups in total. The standard InChI is InChI=1S/C17H23FN2O4/c1-3-20(10-17(22)23)14-8-13(9-14)19-16(21)7-11-6-12(18)4-5-15(11)24-2/h4-6,13-14H,3,7-10H2,1-2H3,(H,19,21)(H,22,23). The summed E-state index contributed by atoms with van der Waals surface area (Å²) < 4.78 is 18.5. The van der Waals surface area contributed by atoms with Gasteiger partial charge in [-0.25, -0.2) is 4.39 Å². The molecule has 1 fully saturated rings. The summed E-state index contributed by atoms with van der Waals surface area (Å²) in [4.78, 5) is 24.8. The predicted octanol–water partition coefficient (Wildman–Crippen LogP) is 1.43. The highest BCUT2D eigenvalue weighted by Gasteiger charge is 2.34. The van der Waals surface area contributed by atoms with Gasteiger partial charge in [0.05, 0.1) is 20.1 Å². The molecule has 0 radical (unpaired) electrons. The predicted molar refractivity (Wildman–Crippen MR) is 86.5 cm³/mol. The van der Waals surface area contributed by atoms with Crippen LogP contribution in [0.4, 0.5) is 4.39 Å². The largest absolute Gasteiger partial charge is 0.496 e. The van der Waals surface area contributed by atoms with Crippen molar-refractivity contribution in [3.63, 3.8) is 0 Å². The fraction of sp³-hybridized carbons (Fsp3) is 0.529. The Morgan fingerprint density at radius 1 is 1.42 bits per heavy atom. The molecule has 7 heteroatoms. The lowest BCUT2D eigenvalue weighted by molar-refractivity contribution is -0.139. The minimum Gasteiger partial charge on any atom is -0.496 e. The molecule has 0 atom stereocenters. The van der Waals surface area contributed by atoms with Gasteiger partial charge in [0.2, 0.25) is 5.91 Å². The fourth-order valence-electron chi connectivity index (χ4n) is 3.01. The maximum Gasteiger partial charge on any atom is 0.317 e. The topological polar surface area (TPSA) is 78.9 Å². The van der Waals surface area contributed by atoms with E-state index in [1.54, 1.807) is 0 Å². The van der Waals surface area contributed by atoms with Crippen LogP contribution in [0.5, 0.6) is 5.75 Å². The van der Waals surface area contributed by atoms with Gasteiger partial charge in [-0.3, -0.25) is 14.5 Å². The minimum absolute atomic E-state index is 0.0162. The Labute approximate surface area is 140 Å². The number of amides is 1. The van der Waals surface area contributed by atoms with Crippen molar-refractivity contribution >= 4 is 11.9 Å². The van der Waals surface area contributed by atoms with Gasteiger partial charge in [0.15, 0.2) is 0 Å². The van der Waals surface area contributed by atoms with Crippen molar-refractivity contribution in [3.05, 3.63) is 29.6 Å². The van der Waals surface area contributed by atoms with E-state index in [2.05, 4.69) is 5.32 Å². The summed E-state index contributed by atoms with van der Waals surface area (Å²) in [5.41, 5.74) is 0.506. The first-order chi connectivity index (χ1) is 11.4. The van der Waals surface area contributed by atoms with Gasteiger partial charge < -0.3 is 15.2 Å². The van der Waals surface area contributed by atoms with E-state index in [1.165, 1.54) is 25.3 Å². The number of nitrogens with one attached hydrogen (secondary N) is 1. The highest BCUT2D eigenvalue weighted by molar-refractivity contribution is 5.79. The minimum atomic E-state index is -0.845. The third kappa shape index (κ3) is 4.67. The number of carbonyl (C=O) groups is 2. The first kappa shape index (κ1) is 18.2. The molecule has 0 aliphatic heterocycles. The molecule has 0 heterocycles. The monoisotopic (exact) mass is 338 g/mol. The first-order valence-corrected chi connectivity index (χ1v) is 8.00. The van der Waals surface area contributed by atoms with Crippen molar-refractivity contribution in [2.45, 2.75) is 38.3 Å². The van der Waals surface area contributed by atoms with E-state index < -0.39 is 11.8 Å². The van der Waals surface area contributed by atoms with Crippen LogP contribution in [0.15, 0.2) is 18.2 Å². The van der Waals surface area contributed by atoms with Gasteiger partial charge in [0, 0.05) is 17.6 Å². The number of carbonyl (C=O) groups excluding carboxylic acids is 1. The normalized spacial score (nSPS) is 19.7. The zero-order valence-corrected chi connectivity index (χ0v) is 13.9. The molecule has 2 rings (SSSR count). The molecule has 6 nitrogen and oxygen atoms in total. The lowest BCUT2D eigenvalue weighted by Crippen LogP contribution is -2.55. The number of ether oxygens (including phenoxy) is 1. The van der Waals surface area contributed by atoms with Gasteiger partial charge >= 0.3 is 5.97 Å². The van der Waals surface area contributed by atoms with E-state index in [9.17, 15) is 14.0 Å². The molecule has 0 saturated heterocycles. The Morgan fingerprint density at radius 3 is 2.71 bits per heavy atom. The van der Waals surface area contributed by atoms with Gasteiger partial charge in [0.25, 0.3) is 0 Å². The average molecular weight is 338 g/mol. The molecule has 0 unspecified atom stereocenters. The molecule has 24 heavy (non-hydrogen) atoms. The fourth-order valence-corrected chi connectivity index (χ4v) is 3.01. The summed E-state index contributed by atoms with van der Waals surface area (Å²) >= 11 is 0. The van der Waals surface area contributed by atoms with Gasteiger partial charge in [-0.1, -0.05) is 6.92 Å². The van der Waals surface area contributed by atoms with Crippen LogP contribution in [0, 0.1) is 5.82 Å². The number of rotatable bonds is 8. The summed E-state index contributed by atoms with van der Waals surface area (Å²) in [5, 5.41) is 11.8. The van der Waals surface area contributed by atoms with E-state index in [0.717, 1.165) is 12.8 Å². The molecule has 1 aromatic rings. The van der Waals surface area contributed by atoms with Crippen LogP contribution < -0.4 is 10.1 Å². The molecule has 1 aromatic carbocycles. The van der Waals surface area contributed by atoms with E-state index in [1.807, 2.05) is 11.8 Å². The molecule has 1 saturated carbocycles. The van der Waals surface area contributed by atoms with Crippen LogP contribution in [0.3, 0.4) is 0 Å². The number of methoxy groups -OCH3 is 1. The summed E-state index contributed by atoms with van der Waals surface area (Å²) in [6, 6.07) is 4.30. The molecule has 1 aliphatic rings. The summed E-state index contributed by atoms with van der Waals surface area (Å²) in [6.07, 6.45) is 1.51. The zero-order valence-electron chi connectivity index (χ0n) is 13.9. The van der Waals surface area contributed by atoms with Crippen LogP contribution in [0.25, 0.3) is 0 Å². The second-order valence-electron chi connectivity index (χ2n) is 5.98. The average Bonchev–Trinajstić information content (AvgIpc) is 2.48. The van der Waals surface area contributed by atoms with Crippen LogP contribution in [-0.2, 0) is 16.0 Å². The highest BCUT2D eigenvalue weighted by atomic mass is 19.1. The highest BCUT2D eigenvalue weighted by Crippen LogP contribution is 2.26. The summed E-state index contributed by atoms with van der Waals surface area (Å²) in [5.74, 6) is -0.961. The Balaban J connectivity index is 1.83. The SMILES string of the molecule is CCN(CC(=O)O)C1CC(NC(=O)Cc2cc(F)ccc2OC)C1. The van der Waals surface area contributed by atoms with Gasteiger partial charge in [-0.2, -0.15) is 0 Å². The van der Waals surface area contributed by atoms with Crippen molar-refractivity contribution in [3.8, 4) is 5.75 Å². The van der Waals surface area contributed by atoms with Crippen molar-refractivity contribution in [1.29, 1.82) is 0 Å². The molecule has 132 valence electrons. The molecule has 1 amide bonds. The number of hydrogen-bond donors (Lipinski definition) is 2. The number of aliphatic carboxylic acids is 1. The van der Waals surface area contributed by atoms with Crippen molar-refractivity contribution in [1.82, 2.24) is 10.2 Å². The van der Waals surface area contributed by atoms with E-state index in [0.29, 0.717) is 17.9 Å². The van der Waals surface area contributed by atoms with Gasteiger partial charge in [0.1, 0.15) is 11.6 Å². The van der Waals surface area contributed by atoms with Gasteiger partial charge in [-0.15, -0.1) is 0 Å². The number of hydrogen-bond acceptors (Lipinski definition) is 4. The molecule has 0 spiro atoms. The Hall–Kier alpha value is -2.15. The van der Waals surface area contributed by atoms with Crippen LogP contribution in [0.1, 0.15) is 25.3 Å². The quantitative estimate of drug-likeness (QED) is 0.750. The third-order valence-electron chi connectivity index (χ3n) is 4.33. The lowest BCUT2D eigenvalue weighted by atomic mass is 9.85. The van der Waals surface area contributed by atoms with Crippen LogP contribution >= 0.6 is 0 Å². The van der Waals surface area contributed by atoms with Crippen molar-refractivity contribution in [2.75, 3.05) is 20.2 Å². The van der Waals surface area contributed by atoms with Crippen molar-refractivity contribution in [2.24, 2.45) is 0 Å². The smallest absolute Gasteiger partial charge is 0.317 e. The van der Waals surface area contributed by atoms with Crippen molar-refractivity contribution < 1.29 is 23.8 Å². The zero-order chi connectivity index (χ0) is 17.7. The number of nitrogens with zero attached hydrogens (tertiary/aromatic N) is 1. The Bertz CT molecular complexity index is 602. The second kappa shape index (κ2) is 8.10. The summed E-state index contributed by atoms with van der Waals surface area (Å²) in [7, 11) is 1.48. The second-order valence-corrected chi connectivity index (χ2v) is 5.98. The van der Waals surface area contributed by atoms with Crippen LogP contribution in [-0.4, -0.2) is 54.2 Å². The number of benzene rings is 1. The molecule has 0 bridgehead atoms. The lowest BCUT2D eigenvalue weighted by Gasteiger charge is -2.42. The van der Waals surface area contributed by atoms with E-state index in [4.69, 9.17) is 9.84 Å². The summed E-state index contributed by atoms with van der Waals surface area (Å²) in [6.45, 7) is 2.60.